The first-order valence-corrected chi connectivity index (χ1v) is 12.5. The lowest BCUT2D eigenvalue weighted by Crippen LogP contribution is -2.50. The number of hydrogen-bond donors (Lipinski definition) is 2. The molecule has 0 spiro atoms. The van der Waals surface area contributed by atoms with E-state index in [1.54, 1.807) is 12.3 Å². The Hall–Kier alpha value is -4.22. The zero-order chi connectivity index (χ0) is 26.6. The highest BCUT2D eigenvalue weighted by Crippen LogP contribution is 2.18. The van der Waals surface area contributed by atoms with Crippen LogP contribution in [0.25, 0.3) is 0 Å². The van der Waals surface area contributed by atoms with Gasteiger partial charge in [-0.3, -0.25) is 9.59 Å². The fraction of sp³-hybridized carbons (Fsp3) is 0.310. The number of hydrogen-bond acceptors (Lipinski definition) is 6. The van der Waals surface area contributed by atoms with Crippen LogP contribution in [-0.4, -0.2) is 54.4 Å². The minimum Gasteiger partial charge on any atom is -0.359 e. The number of benzene rings is 2. The highest BCUT2D eigenvalue weighted by Gasteiger charge is 2.22. The van der Waals surface area contributed by atoms with E-state index in [9.17, 15) is 9.59 Å². The zero-order valence-electron chi connectivity index (χ0n) is 21.4. The second-order valence-electron chi connectivity index (χ2n) is 8.88. The summed E-state index contributed by atoms with van der Waals surface area (Å²) in [6.45, 7) is 7.34. The fourth-order valence-corrected chi connectivity index (χ4v) is 3.90. The molecule has 1 unspecified atom stereocenters. The predicted molar refractivity (Wildman–Crippen MR) is 146 cm³/mol. The van der Waals surface area contributed by atoms with E-state index in [1.165, 1.54) is 5.56 Å². The number of nitrogens with one attached hydrogen (secondary N) is 1. The molecule has 8 heteroatoms. The first-order chi connectivity index (χ1) is 17.9. The van der Waals surface area contributed by atoms with Gasteiger partial charge in [-0.1, -0.05) is 49.4 Å². The van der Waals surface area contributed by atoms with Crippen molar-refractivity contribution in [3.05, 3.63) is 89.6 Å². The molecule has 1 aromatic heterocycles. The average Bonchev–Trinajstić information content (AvgIpc) is 2.94. The van der Waals surface area contributed by atoms with Gasteiger partial charge in [0.05, 0.1) is 36.5 Å². The predicted octanol–water partition coefficient (Wildman–Crippen LogP) is 3.55. The molecule has 0 aliphatic carbocycles. The molecule has 0 saturated carbocycles. The van der Waals surface area contributed by atoms with Gasteiger partial charge in [-0.25, -0.2) is 4.98 Å². The van der Waals surface area contributed by atoms with Crippen molar-refractivity contribution in [3.8, 4) is 6.07 Å². The van der Waals surface area contributed by atoms with Gasteiger partial charge in [0.2, 0.25) is 11.8 Å². The number of nitrogens with two attached hydrogens (primary N) is 1. The summed E-state index contributed by atoms with van der Waals surface area (Å²) in [6, 6.07) is 22.9. The average molecular weight is 499 g/mol. The third kappa shape index (κ3) is 8.16. The van der Waals surface area contributed by atoms with Crippen LogP contribution in [-0.2, 0) is 16.0 Å². The highest BCUT2D eigenvalue weighted by molar-refractivity contribution is 5.91. The number of aromatic nitrogens is 1. The van der Waals surface area contributed by atoms with Gasteiger partial charge in [-0.15, -0.1) is 0 Å². The number of carbonyl (C=O) groups excluding carboxylic acids is 2. The smallest absolute Gasteiger partial charge is 0.242 e. The number of anilines is 2. The van der Waals surface area contributed by atoms with Gasteiger partial charge < -0.3 is 20.9 Å². The number of rotatable bonds is 7. The number of pyridine rings is 1. The summed E-state index contributed by atoms with van der Waals surface area (Å²) in [6.07, 6.45) is 2.02. The van der Waals surface area contributed by atoms with E-state index in [1.807, 2.05) is 77.4 Å². The van der Waals surface area contributed by atoms with Gasteiger partial charge in [-0.2, -0.15) is 5.26 Å². The number of nitriles is 1. The molecular formula is C29H34N6O2. The summed E-state index contributed by atoms with van der Waals surface area (Å²) in [5, 5.41) is 11.4. The Morgan fingerprint density at radius 1 is 1.11 bits per heavy atom. The molecule has 4 rings (SSSR count). The Morgan fingerprint density at radius 2 is 1.84 bits per heavy atom. The van der Waals surface area contributed by atoms with Crippen LogP contribution in [0.4, 0.5) is 11.5 Å². The van der Waals surface area contributed by atoms with Crippen LogP contribution < -0.4 is 16.0 Å². The van der Waals surface area contributed by atoms with E-state index < -0.39 is 0 Å². The van der Waals surface area contributed by atoms with Gasteiger partial charge in [-0.05, 0) is 54.8 Å². The van der Waals surface area contributed by atoms with E-state index in [4.69, 9.17) is 11.0 Å². The summed E-state index contributed by atoms with van der Waals surface area (Å²) < 4.78 is 0. The van der Waals surface area contributed by atoms with Crippen LogP contribution in [0.2, 0.25) is 0 Å². The molecule has 2 aromatic carbocycles. The quantitative estimate of drug-likeness (QED) is 0.515. The number of carbonyl (C=O) groups is 2. The fourth-order valence-electron chi connectivity index (χ4n) is 3.90. The van der Waals surface area contributed by atoms with Crippen molar-refractivity contribution in [1.29, 1.82) is 5.26 Å². The van der Waals surface area contributed by atoms with Crippen molar-refractivity contribution >= 4 is 23.3 Å². The summed E-state index contributed by atoms with van der Waals surface area (Å²) in [5.74, 6) is 0.924. The van der Waals surface area contributed by atoms with E-state index in [-0.39, 0.29) is 11.8 Å². The number of amides is 2. The summed E-state index contributed by atoms with van der Waals surface area (Å²) >= 11 is 0. The molecular weight excluding hydrogens is 464 g/mol. The first-order valence-electron chi connectivity index (χ1n) is 12.5. The SMILES string of the molecule is CC(CN)c1ccc(C#N)cc1.CCN1CCN(c2ccc(NC(=O)Cc3ccccc3)nc2)CC1=O. The second-order valence-corrected chi connectivity index (χ2v) is 8.88. The van der Waals surface area contributed by atoms with Crippen molar-refractivity contribution < 1.29 is 9.59 Å². The van der Waals surface area contributed by atoms with Crippen molar-refractivity contribution in [2.75, 3.05) is 42.9 Å². The molecule has 2 amide bonds. The maximum absolute atomic E-state index is 12.1. The Labute approximate surface area is 218 Å². The Balaban J connectivity index is 0.000000266. The van der Waals surface area contributed by atoms with E-state index in [2.05, 4.69) is 23.3 Å². The molecule has 1 atom stereocenters. The van der Waals surface area contributed by atoms with E-state index in [0.717, 1.165) is 30.9 Å². The van der Waals surface area contributed by atoms with Gasteiger partial charge >= 0.3 is 0 Å². The first kappa shape index (κ1) is 27.4. The molecule has 2 heterocycles. The van der Waals surface area contributed by atoms with Crippen LogP contribution in [0.15, 0.2) is 72.9 Å². The monoisotopic (exact) mass is 498 g/mol. The minimum absolute atomic E-state index is 0.0989. The molecule has 37 heavy (non-hydrogen) atoms. The van der Waals surface area contributed by atoms with Crippen LogP contribution in [0.1, 0.15) is 36.5 Å². The number of nitrogens with zero attached hydrogens (tertiary/aromatic N) is 4. The molecule has 8 nitrogen and oxygen atoms in total. The Kier molecular flexibility index (Phi) is 10.2. The Morgan fingerprint density at radius 3 is 2.41 bits per heavy atom. The summed E-state index contributed by atoms with van der Waals surface area (Å²) in [5.41, 5.74) is 9.25. The van der Waals surface area contributed by atoms with Crippen LogP contribution in [0, 0.1) is 11.3 Å². The molecule has 1 aliphatic rings. The van der Waals surface area contributed by atoms with E-state index >= 15 is 0 Å². The summed E-state index contributed by atoms with van der Waals surface area (Å²) in [7, 11) is 0. The molecule has 0 radical (unpaired) electrons. The molecule has 192 valence electrons. The van der Waals surface area contributed by atoms with Crippen LogP contribution in [0.3, 0.4) is 0 Å². The molecule has 1 saturated heterocycles. The topological polar surface area (TPSA) is 115 Å². The number of likely N-dealkylation sites (N-methyl/N-ethyl adjacent to an activating group) is 1. The van der Waals surface area contributed by atoms with Crippen molar-refractivity contribution in [2.24, 2.45) is 5.73 Å². The van der Waals surface area contributed by atoms with Crippen molar-refractivity contribution in [1.82, 2.24) is 9.88 Å². The lowest BCUT2D eigenvalue weighted by atomic mass is 10.0. The molecule has 0 bridgehead atoms. The van der Waals surface area contributed by atoms with Gasteiger partial charge in [0.15, 0.2) is 0 Å². The third-order valence-electron chi connectivity index (χ3n) is 6.25. The minimum atomic E-state index is -0.0989. The second kappa shape index (κ2) is 13.8. The van der Waals surface area contributed by atoms with E-state index in [0.29, 0.717) is 36.8 Å². The molecule has 3 N–H and O–H groups in total. The third-order valence-corrected chi connectivity index (χ3v) is 6.25. The lowest BCUT2D eigenvalue weighted by molar-refractivity contribution is -0.130. The van der Waals surface area contributed by atoms with Crippen LogP contribution in [0.5, 0.6) is 0 Å². The molecule has 1 fully saturated rings. The lowest BCUT2D eigenvalue weighted by Gasteiger charge is -2.34. The molecule has 1 aliphatic heterocycles. The van der Waals surface area contributed by atoms with Gasteiger partial charge in [0.1, 0.15) is 5.82 Å². The van der Waals surface area contributed by atoms with Crippen LogP contribution >= 0.6 is 0 Å². The largest absolute Gasteiger partial charge is 0.359 e. The summed E-state index contributed by atoms with van der Waals surface area (Å²) in [4.78, 5) is 32.2. The molecule has 3 aromatic rings. The van der Waals surface area contributed by atoms with Gasteiger partial charge in [0.25, 0.3) is 0 Å². The normalized spacial score (nSPS) is 13.7. The van der Waals surface area contributed by atoms with Crippen molar-refractivity contribution in [2.45, 2.75) is 26.2 Å². The maximum Gasteiger partial charge on any atom is 0.242 e. The maximum atomic E-state index is 12.1. The standard InChI is InChI=1S/C19H22N4O2.C10H12N2/c1-2-22-10-11-23(14-19(22)25)16-8-9-17(20-13-16)21-18(24)12-15-6-4-3-5-7-15;1-8(6-11)10-4-2-9(7-12)3-5-10/h3-9,13H,2,10-12,14H2,1H3,(H,20,21,24);2-5,8H,6,11H2,1H3. The zero-order valence-corrected chi connectivity index (χ0v) is 21.4. The number of piperazine rings is 1. The van der Waals surface area contributed by atoms with Crippen molar-refractivity contribution in [3.63, 3.8) is 0 Å². The van der Waals surface area contributed by atoms with Gasteiger partial charge in [0, 0.05) is 19.6 Å². The highest BCUT2D eigenvalue weighted by atomic mass is 16.2. The Bertz CT molecular complexity index is 1190.